The average Bonchev–Trinajstić information content (AvgIpc) is 3.71. The smallest absolute Gasteiger partial charge is 0.293 e. The molecule has 62 heavy (non-hydrogen) atoms. The van der Waals surface area contributed by atoms with Gasteiger partial charge in [-0.15, -0.1) is 0 Å². The molecule has 326 valence electrons. The van der Waals surface area contributed by atoms with Crippen LogP contribution in [0.4, 0.5) is 21.5 Å². The van der Waals surface area contributed by atoms with Crippen LogP contribution in [0.5, 0.6) is 11.5 Å². The molecule has 4 aromatic carbocycles. The Balaban J connectivity index is 1.03. The van der Waals surface area contributed by atoms with Crippen LogP contribution in [0.15, 0.2) is 95.5 Å². The third kappa shape index (κ3) is 9.76. The molecule has 0 saturated carbocycles. The Morgan fingerprint density at radius 3 is 2.44 bits per heavy atom. The summed E-state index contributed by atoms with van der Waals surface area (Å²) in [6.07, 6.45) is 6.33. The molecule has 16 heteroatoms. The predicted molar refractivity (Wildman–Crippen MR) is 241 cm³/mol. The topological polar surface area (TPSA) is 153 Å². The number of hydrogen-bond acceptors (Lipinski definition) is 10. The third-order valence-corrected chi connectivity index (χ3v) is 13.9. The van der Waals surface area contributed by atoms with Crippen molar-refractivity contribution >= 4 is 61.1 Å². The first kappa shape index (κ1) is 43.2. The zero-order valence-electron chi connectivity index (χ0n) is 35.0. The van der Waals surface area contributed by atoms with Crippen molar-refractivity contribution in [1.82, 2.24) is 19.5 Å². The van der Waals surface area contributed by atoms with Crippen molar-refractivity contribution in [3.05, 3.63) is 123 Å². The maximum absolute atomic E-state index is 14.8. The molecular formula is C46H51ClFN7O6S. The van der Waals surface area contributed by atoms with Gasteiger partial charge in [-0.2, -0.15) is 0 Å². The second-order valence-electron chi connectivity index (χ2n) is 17.4. The fraction of sp³-hybridized carbons (Fsp3) is 0.370. The predicted octanol–water partition coefficient (Wildman–Crippen LogP) is 9.07. The number of halogens is 2. The number of rotatable bonds is 12. The van der Waals surface area contributed by atoms with E-state index in [1.165, 1.54) is 47.0 Å². The lowest BCUT2D eigenvalue weighted by atomic mass is 9.72. The molecule has 3 aliphatic rings. The average molecular weight is 884 g/mol. The number of ether oxygens (including phenoxy) is 1. The van der Waals surface area contributed by atoms with E-state index in [1.54, 1.807) is 24.4 Å². The summed E-state index contributed by atoms with van der Waals surface area (Å²) in [5, 5.41) is 16.6. The van der Waals surface area contributed by atoms with E-state index in [0.717, 1.165) is 76.6 Å². The van der Waals surface area contributed by atoms with Crippen molar-refractivity contribution in [2.24, 2.45) is 5.41 Å². The summed E-state index contributed by atoms with van der Waals surface area (Å²) in [6.45, 7) is 10.1. The molecule has 13 nitrogen and oxygen atoms in total. The summed E-state index contributed by atoms with van der Waals surface area (Å²) in [5.41, 5.74) is 5.13. The number of hydrogen-bond donors (Lipinski definition) is 3. The van der Waals surface area contributed by atoms with Crippen LogP contribution in [-0.2, 0) is 10.0 Å². The van der Waals surface area contributed by atoms with Gasteiger partial charge < -0.3 is 24.8 Å². The number of likely N-dealkylation sites (tertiary alicyclic amines) is 1. The van der Waals surface area contributed by atoms with E-state index in [1.807, 2.05) is 19.2 Å². The van der Waals surface area contributed by atoms with E-state index in [-0.39, 0.29) is 34.2 Å². The molecule has 0 bridgehead atoms. The Hall–Kier alpha value is -5.48. The summed E-state index contributed by atoms with van der Waals surface area (Å²) in [6, 6.07) is 20.8. The number of nitrogens with zero attached hydrogens (tertiary/aromatic N) is 4. The standard InChI is InChI=1S/C46H51ClFN7O6S/c1-46(2)16-12-31(39(28-46)30-4-6-32(47)7-5-30)29-53-20-22-54(23-21-53)35-8-10-38(44(26-35)61-43-25-33(48)24-41-37(43)13-17-49-41)45(56)51-62(59,60)36-9-11-40(42(27-36)55(57)58)50-34-14-18-52(3)19-15-34/h4-11,13,17,24-27,34,49-50H,12,14-16,18-23,28-29H2,1-3H3,(H,51,56). The molecule has 3 N–H and O–H groups in total. The first-order valence-electron chi connectivity index (χ1n) is 20.9. The monoisotopic (exact) mass is 883 g/mol. The lowest BCUT2D eigenvalue weighted by Crippen LogP contribution is -2.47. The number of nitro groups is 1. The number of piperazine rings is 1. The van der Waals surface area contributed by atoms with Gasteiger partial charge in [-0.3, -0.25) is 19.8 Å². The van der Waals surface area contributed by atoms with E-state index in [4.69, 9.17) is 16.3 Å². The van der Waals surface area contributed by atoms with Crippen LogP contribution in [0, 0.1) is 21.3 Å². The molecule has 0 spiro atoms. The second-order valence-corrected chi connectivity index (χ2v) is 19.5. The van der Waals surface area contributed by atoms with Gasteiger partial charge in [-0.1, -0.05) is 43.2 Å². The Morgan fingerprint density at radius 2 is 1.71 bits per heavy atom. The highest BCUT2D eigenvalue weighted by Gasteiger charge is 2.31. The van der Waals surface area contributed by atoms with E-state index in [2.05, 4.69) is 55.7 Å². The molecule has 1 amide bonds. The van der Waals surface area contributed by atoms with Gasteiger partial charge in [0.25, 0.3) is 21.6 Å². The molecule has 5 aromatic rings. The number of carbonyl (C=O) groups excluding carboxylic acids is 1. The van der Waals surface area contributed by atoms with Crippen LogP contribution in [0.1, 0.15) is 61.9 Å². The van der Waals surface area contributed by atoms with Gasteiger partial charge in [0.15, 0.2) is 0 Å². The number of sulfonamides is 1. The molecular weight excluding hydrogens is 833 g/mol. The van der Waals surface area contributed by atoms with Gasteiger partial charge >= 0.3 is 0 Å². The van der Waals surface area contributed by atoms with E-state index in [0.29, 0.717) is 29.0 Å². The van der Waals surface area contributed by atoms with Gasteiger partial charge in [-0.25, -0.2) is 17.5 Å². The molecule has 2 fully saturated rings. The van der Waals surface area contributed by atoms with E-state index in [9.17, 15) is 27.7 Å². The zero-order chi connectivity index (χ0) is 43.8. The van der Waals surface area contributed by atoms with Crippen LogP contribution in [-0.4, -0.2) is 92.9 Å². The fourth-order valence-corrected chi connectivity index (χ4v) is 9.85. The number of H-pyrrole nitrogens is 1. The van der Waals surface area contributed by atoms with Gasteiger partial charge in [0.05, 0.1) is 20.9 Å². The normalized spacial score (nSPS) is 17.9. The summed E-state index contributed by atoms with van der Waals surface area (Å²) in [5.74, 6) is -1.45. The number of piperidine rings is 1. The molecule has 1 aromatic heterocycles. The molecule has 0 atom stereocenters. The summed E-state index contributed by atoms with van der Waals surface area (Å²) in [4.78, 5) is 34.8. The minimum atomic E-state index is -4.61. The van der Waals surface area contributed by atoms with Crippen molar-refractivity contribution in [2.45, 2.75) is 56.9 Å². The van der Waals surface area contributed by atoms with Crippen molar-refractivity contribution in [1.29, 1.82) is 0 Å². The number of benzene rings is 4. The summed E-state index contributed by atoms with van der Waals surface area (Å²) in [7, 11) is -2.60. The zero-order valence-corrected chi connectivity index (χ0v) is 36.6. The van der Waals surface area contributed by atoms with Crippen LogP contribution in [0.3, 0.4) is 0 Å². The Kier molecular flexibility index (Phi) is 12.3. The van der Waals surface area contributed by atoms with E-state index < -0.39 is 37.3 Å². The van der Waals surface area contributed by atoms with Crippen LogP contribution in [0.25, 0.3) is 16.5 Å². The number of nitro benzene ring substituents is 1. The highest BCUT2D eigenvalue weighted by Crippen LogP contribution is 2.44. The van der Waals surface area contributed by atoms with Gasteiger partial charge in [0.2, 0.25) is 0 Å². The summed E-state index contributed by atoms with van der Waals surface area (Å²) >= 11 is 6.24. The second kappa shape index (κ2) is 17.7. The number of aromatic nitrogens is 1. The Labute approximate surface area is 366 Å². The lowest BCUT2D eigenvalue weighted by Gasteiger charge is -2.39. The van der Waals surface area contributed by atoms with Gasteiger partial charge in [0, 0.05) is 79.3 Å². The summed E-state index contributed by atoms with van der Waals surface area (Å²) < 4.78 is 50.7. The molecule has 2 aliphatic heterocycles. The van der Waals surface area contributed by atoms with Crippen molar-refractivity contribution in [2.75, 3.05) is 63.1 Å². The number of amides is 1. The third-order valence-electron chi connectivity index (χ3n) is 12.3. The van der Waals surface area contributed by atoms with Crippen molar-refractivity contribution in [3.8, 4) is 11.5 Å². The minimum absolute atomic E-state index is 0.0103. The fourth-order valence-electron chi connectivity index (χ4n) is 8.74. The maximum Gasteiger partial charge on any atom is 0.293 e. The Morgan fingerprint density at radius 1 is 0.968 bits per heavy atom. The highest BCUT2D eigenvalue weighted by atomic mass is 35.5. The SMILES string of the molecule is CN1CCC(Nc2ccc(S(=O)(=O)NC(=O)c3ccc(N4CCN(CC5=C(c6ccc(Cl)cc6)CC(C)(C)CC5)CC4)cc3Oc3cc(F)cc4[nH]ccc34)cc2[N+](=O)[O-])CC1. The number of anilines is 2. The molecule has 8 rings (SSSR count). The number of nitrogens with one attached hydrogen (secondary N) is 3. The molecule has 2 saturated heterocycles. The first-order valence-corrected chi connectivity index (χ1v) is 22.8. The quantitative estimate of drug-likeness (QED) is 0.0817. The molecule has 0 radical (unpaired) electrons. The molecule has 3 heterocycles. The van der Waals surface area contributed by atoms with E-state index >= 15 is 0 Å². The number of aromatic amines is 1. The number of fused-ring (bicyclic) bond motifs is 1. The van der Waals surface area contributed by atoms with Crippen LogP contribution < -0.4 is 19.7 Å². The largest absolute Gasteiger partial charge is 0.456 e. The maximum atomic E-state index is 14.8. The first-order chi connectivity index (χ1) is 29.6. The Bertz CT molecular complexity index is 2640. The molecule has 1 aliphatic carbocycles. The highest BCUT2D eigenvalue weighted by molar-refractivity contribution is 7.90. The van der Waals surface area contributed by atoms with Crippen molar-refractivity contribution in [3.63, 3.8) is 0 Å². The van der Waals surface area contributed by atoms with Gasteiger partial charge in [0.1, 0.15) is 23.0 Å². The van der Waals surface area contributed by atoms with Crippen LogP contribution >= 0.6 is 11.6 Å². The van der Waals surface area contributed by atoms with Crippen LogP contribution in [0.2, 0.25) is 5.02 Å². The van der Waals surface area contributed by atoms with Gasteiger partial charge in [-0.05, 0) is 117 Å². The lowest BCUT2D eigenvalue weighted by molar-refractivity contribution is -0.384. The number of allylic oxidation sites excluding steroid dienone is 1. The molecule has 0 unspecified atom stereocenters. The number of carbonyl (C=O) groups is 1. The minimum Gasteiger partial charge on any atom is -0.456 e. The van der Waals surface area contributed by atoms with Crippen molar-refractivity contribution < 1.29 is 27.3 Å².